The number of allylic oxidation sites excluding steroid dienone is 1. The molecule has 3 aliphatic carbocycles. The molecule has 4 aliphatic rings. The van der Waals surface area contributed by atoms with E-state index >= 15 is 0 Å². The van der Waals surface area contributed by atoms with Crippen LogP contribution in [0, 0.1) is 11.8 Å². The number of fused-ring (bicyclic) bond motifs is 1. The first-order valence-electron chi connectivity index (χ1n) is 9.87. The Bertz CT molecular complexity index is 1030. The molecule has 2 bridgehead atoms. The molecular weight excluding hydrogens is 370 g/mol. The van der Waals surface area contributed by atoms with Crippen molar-refractivity contribution in [1.82, 2.24) is 5.32 Å². The van der Waals surface area contributed by atoms with Crippen LogP contribution in [0.1, 0.15) is 46.9 Å². The molecule has 1 N–H and O–H groups in total. The molecule has 0 saturated carbocycles. The standard InChI is InChI=1S/C23H23NO3S/c25-22(11-15-9-10-28(26,27)14-15)24-13-16-12-21-17-5-1-3-7-19(17)23(16)20-8-4-2-6-18(20)21/h1-10,15-16,21,23H,11-14H2,(H,24,25). The summed E-state index contributed by atoms with van der Waals surface area (Å²) in [5.74, 6) is 0.854. The van der Waals surface area contributed by atoms with E-state index in [1.165, 1.54) is 27.7 Å². The van der Waals surface area contributed by atoms with Gasteiger partial charge in [-0.25, -0.2) is 8.42 Å². The van der Waals surface area contributed by atoms with Crippen molar-refractivity contribution in [3.63, 3.8) is 0 Å². The number of carbonyl (C=O) groups excluding carboxylic acids is 1. The number of sulfone groups is 1. The Morgan fingerprint density at radius 3 is 2.14 bits per heavy atom. The molecule has 2 aromatic carbocycles. The lowest BCUT2D eigenvalue weighted by Gasteiger charge is -2.45. The molecule has 1 aliphatic heterocycles. The van der Waals surface area contributed by atoms with Gasteiger partial charge in [-0.1, -0.05) is 54.6 Å². The number of benzene rings is 2. The quantitative estimate of drug-likeness (QED) is 0.866. The number of carbonyl (C=O) groups is 1. The van der Waals surface area contributed by atoms with Gasteiger partial charge in [-0.15, -0.1) is 0 Å². The molecule has 144 valence electrons. The number of hydrogen-bond donors (Lipinski definition) is 1. The average molecular weight is 394 g/mol. The van der Waals surface area contributed by atoms with Crippen LogP contribution in [0.25, 0.3) is 0 Å². The van der Waals surface area contributed by atoms with E-state index in [4.69, 9.17) is 0 Å². The van der Waals surface area contributed by atoms with Crippen LogP contribution >= 0.6 is 0 Å². The molecule has 2 atom stereocenters. The van der Waals surface area contributed by atoms with Crippen molar-refractivity contribution in [2.75, 3.05) is 12.3 Å². The fourth-order valence-corrected chi connectivity index (χ4v) is 6.68. The highest BCUT2D eigenvalue weighted by molar-refractivity contribution is 7.94. The third-order valence-corrected chi connectivity index (χ3v) is 7.90. The predicted molar refractivity (Wildman–Crippen MR) is 109 cm³/mol. The van der Waals surface area contributed by atoms with Crippen molar-refractivity contribution in [2.45, 2.75) is 24.7 Å². The molecule has 0 saturated heterocycles. The van der Waals surface area contributed by atoms with Gasteiger partial charge in [0.1, 0.15) is 0 Å². The predicted octanol–water partition coefficient (Wildman–Crippen LogP) is 3.35. The number of amides is 1. The topological polar surface area (TPSA) is 63.2 Å². The van der Waals surface area contributed by atoms with Crippen LogP contribution in [0.4, 0.5) is 0 Å². The monoisotopic (exact) mass is 393 g/mol. The Kier molecular flexibility index (Phi) is 4.16. The minimum atomic E-state index is -3.11. The van der Waals surface area contributed by atoms with Gasteiger partial charge in [0.15, 0.2) is 9.84 Å². The molecule has 4 nitrogen and oxygen atoms in total. The summed E-state index contributed by atoms with van der Waals surface area (Å²) in [4.78, 5) is 12.4. The van der Waals surface area contributed by atoms with Gasteiger partial charge in [0.2, 0.25) is 5.91 Å². The Morgan fingerprint density at radius 2 is 1.57 bits per heavy atom. The molecule has 1 amide bonds. The van der Waals surface area contributed by atoms with Crippen LogP contribution in [-0.4, -0.2) is 26.6 Å². The summed E-state index contributed by atoms with van der Waals surface area (Å²) in [6.45, 7) is 0.631. The Hall–Kier alpha value is -2.40. The smallest absolute Gasteiger partial charge is 0.220 e. The zero-order valence-corrected chi connectivity index (χ0v) is 16.4. The molecule has 0 radical (unpaired) electrons. The fraction of sp³-hybridized carbons (Fsp3) is 0.348. The maximum absolute atomic E-state index is 12.4. The largest absolute Gasteiger partial charge is 0.356 e. The van der Waals surface area contributed by atoms with Gasteiger partial charge in [0.05, 0.1) is 5.75 Å². The van der Waals surface area contributed by atoms with E-state index in [-0.39, 0.29) is 24.0 Å². The van der Waals surface area contributed by atoms with Gasteiger partial charge < -0.3 is 5.32 Å². The zero-order chi connectivity index (χ0) is 19.3. The van der Waals surface area contributed by atoms with Gasteiger partial charge in [0.25, 0.3) is 0 Å². The third kappa shape index (κ3) is 2.98. The van der Waals surface area contributed by atoms with Crippen molar-refractivity contribution in [3.8, 4) is 0 Å². The Balaban J connectivity index is 1.32. The van der Waals surface area contributed by atoms with Gasteiger partial charge in [-0.05, 0) is 34.6 Å². The highest BCUT2D eigenvalue weighted by Crippen LogP contribution is 2.55. The second-order valence-corrected chi connectivity index (χ2v) is 10.1. The minimum Gasteiger partial charge on any atom is -0.356 e. The van der Waals surface area contributed by atoms with E-state index in [1.54, 1.807) is 6.08 Å². The number of rotatable bonds is 4. The van der Waals surface area contributed by atoms with Gasteiger partial charge in [-0.2, -0.15) is 0 Å². The van der Waals surface area contributed by atoms with Crippen molar-refractivity contribution in [3.05, 3.63) is 82.3 Å². The van der Waals surface area contributed by atoms with Gasteiger partial charge in [-0.3, -0.25) is 4.79 Å². The van der Waals surface area contributed by atoms with Crippen LogP contribution in [0.5, 0.6) is 0 Å². The number of hydrogen-bond acceptors (Lipinski definition) is 3. The normalized spacial score (nSPS) is 28.6. The van der Waals surface area contributed by atoms with Crippen molar-refractivity contribution >= 4 is 15.7 Å². The van der Waals surface area contributed by atoms with E-state index in [0.29, 0.717) is 24.3 Å². The average Bonchev–Trinajstić information content (AvgIpc) is 3.04. The maximum atomic E-state index is 12.4. The molecule has 0 spiro atoms. The molecule has 28 heavy (non-hydrogen) atoms. The molecule has 2 unspecified atom stereocenters. The first kappa shape index (κ1) is 17.7. The van der Waals surface area contributed by atoms with Crippen LogP contribution in [0.3, 0.4) is 0 Å². The Morgan fingerprint density at radius 1 is 0.964 bits per heavy atom. The zero-order valence-electron chi connectivity index (χ0n) is 15.5. The van der Waals surface area contributed by atoms with E-state index in [1.807, 2.05) is 0 Å². The van der Waals surface area contributed by atoms with Crippen LogP contribution in [0.15, 0.2) is 60.0 Å². The lowest BCUT2D eigenvalue weighted by atomic mass is 9.59. The van der Waals surface area contributed by atoms with E-state index < -0.39 is 9.84 Å². The molecule has 6 rings (SSSR count). The van der Waals surface area contributed by atoms with Crippen LogP contribution in [-0.2, 0) is 14.6 Å². The van der Waals surface area contributed by atoms with Gasteiger partial charge in [0, 0.05) is 36.1 Å². The van der Waals surface area contributed by atoms with E-state index in [2.05, 4.69) is 53.8 Å². The molecular formula is C23H23NO3S. The van der Waals surface area contributed by atoms with Crippen molar-refractivity contribution in [2.24, 2.45) is 11.8 Å². The second kappa shape index (κ2) is 6.59. The maximum Gasteiger partial charge on any atom is 0.220 e. The highest BCUT2D eigenvalue weighted by atomic mass is 32.2. The molecule has 5 heteroatoms. The summed E-state index contributed by atoms with van der Waals surface area (Å²) in [6.07, 6.45) is 2.92. The molecule has 1 heterocycles. The summed E-state index contributed by atoms with van der Waals surface area (Å²) in [5, 5.41) is 4.32. The summed E-state index contributed by atoms with van der Waals surface area (Å²) in [6, 6.07) is 17.4. The summed E-state index contributed by atoms with van der Waals surface area (Å²) in [5.41, 5.74) is 5.63. The van der Waals surface area contributed by atoms with Gasteiger partial charge >= 0.3 is 0 Å². The fourth-order valence-electron chi connectivity index (χ4n) is 5.28. The lowest BCUT2D eigenvalue weighted by Crippen LogP contribution is -2.39. The first-order valence-corrected chi connectivity index (χ1v) is 11.6. The summed E-state index contributed by atoms with van der Waals surface area (Å²) >= 11 is 0. The van der Waals surface area contributed by atoms with Crippen LogP contribution < -0.4 is 5.32 Å². The highest BCUT2D eigenvalue weighted by Gasteiger charge is 2.42. The van der Waals surface area contributed by atoms with Crippen molar-refractivity contribution in [1.29, 1.82) is 0 Å². The van der Waals surface area contributed by atoms with Crippen molar-refractivity contribution < 1.29 is 13.2 Å². The SMILES string of the molecule is O=C(CC1C=CS(=O)(=O)C1)NCC1CC2c3ccccc3C1c1ccccc12. The second-order valence-electron chi connectivity index (χ2n) is 8.21. The Labute approximate surface area is 165 Å². The summed E-state index contributed by atoms with van der Waals surface area (Å²) < 4.78 is 23.1. The van der Waals surface area contributed by atoms with E-state index in [9.17, 15) is 13.2 Å². The molecule has 0 aromatic heterocycles. The number of nitrogens with one attached hydrogen (secondary N) is 1. The third-order valence-electron chi connectivity index (χ3n) is 6.44. The lowest BCUT2D eigenvalue weighted by molar-refractivity contribution is -0.121. The first-order chi connectivity index (χ1) is 13.5. The molecule has 2 aromatic rings. The van der Waals surface area contributed by atoms with E-state index in [0.717, 1.165) is 6.42 Å². The minimum absolute atomic E-state index is 0.0509. The summed E-state index contributed by atoms with van der Waals surface area (Å²) in [7, 11) is -3.11. The van der Waals surface area contributed by atoms with Crippen LogP contribution in [0.2, 0.25) is 0 Å². The molecule has 0 fully saturated rings.